The fraction of sp³-hybridized carbons (Fsp3) is 0.741. The van der Waals surface area contributed by atoms with Crippen LogP contribution in [0.2, 0.25) is 0 Å². The van der Waals surface area contributed by atoms with Gasteiger partial charge in [0.2, 0.25) is 12.2 Å². The van der Waals surface area contributed by atoms with E-state index in [4.69, 9.17) is 0 Å². The second kappa shape index (κ2) is 18.6. The average Bonchev–Trinajstić information content (AvgIpc) is 3.26. The van der Waals surface area contributed by atoms with E-state index in [1.165, 1.54) is 70.3 Å². The van der Waals surface area contributed by atoms with Gasteiger partial charge in [-0.2, -0.15) is 0 Å². The lowest BCUT2D eigenvalue weighted by molar-refractivity contribution is -0.696. The van der Waals surface area contributed by atoms with Crippen LogP contribution in [-0.2, 0) is 22.7 Å². The smallest absolute Gasteiger partial charge is 0.243 e. The molecule has 0 fully saturated rings. The Kier molecular flexibility index (Phi) is 16.4. The third-order valence-corrected chi connectivity index (χ3v) is 6.16. The van der Waals surface area contributed by atoms with Crippen LogP contribution in [0.3, 0.4) is 0 Å². The number of ketones is 1. The standard InChI is InChI=1S/C27H48N3O2/c1-4-7-8-9-10-11-12-13-14-16-20-28-23-24-29(25-28)22-19-27(32)30(6-3)21-17-15-18-26(31)5-2/h5,23-25H,2,4,6-22H2,1,3H3/q+1. The number of amides is 1. The van der Waals surface area contributed by atoms with E-state index in [0.717, 1.165) is 39.0 Å². The number of carbonyl (C=O) groups is 2. The van der Waals surface area contributed by atoms with E-state index in [2.05, 4.69) is 41.4 Å². The highest BCUT2D eigenvalue weighted by Gasteiger charge is 2.13. The maximum absolute atomic E-state index is 12.5. The first-order valence-electron chi connectivity index (χ1n) is 13.1. The number of unbranched alkanes of at least 4 members (excludes halogenated alkanes) is 10. The Bertz CT molecular complexity index is 639. The van der Waals surface area contributed by atoms with Gasteiger partial charge in [-0.15, -0.1) is 0 Å². The highest BCUT2D eigenvalue weighted by atomic mass is 16.2. The summed E-state index contributed by atoms with van der Waals surface area (Å²) >= 11 is 0. The molecule has 1 aromatic heterocycles. The molecule has 32 heavy (non-hydrogen) atoms. The van der Waals surface area contributed by atoms with Crippen LogP contribution < -0.4 is 4.57 Å². The molecule has 0 N–H and O–H groups in total. The van der Waals surface area contributed by atoms with Crippen LogP contribution in [0.4, 0.5) is 0 Å². The molecular formula is C27H48N3O2+. The van der Waals surface area contributed by atoms with Crippen LogP contribution in [0.25, 0.3) is 0 Å². The van der Waals surface area contributed by atoms with Crippen LogP contribution in [0.5, 0.6) is 0 Å². The summed E-state index contributed by atoms with van der Waals surface area (Å²) < 4.78 is 4.36. The SMILES string of the molecule is C=CC(=O)CCCCN(CC)C(=O)CCn1cc[n+](CCCCCCCCCCCC)c1. The highest BCUT2D eigenvalue weighted by Crippen LogP contribution is 2.10. The Hall–Kier alpha value is -1.91. The monoisotopic (exact) mass is 446 g/mol. The molecule has 0 aliphatic carbocycles. The van der Waals surface area contributed by atoms with Crippen molar-refractivity contribution in [2.24, 2.45) is 0 Å². The molecular weight excluding hydrogens is 398 g/mol. The van der Waals surface area contributed by atoms with Crippen molar-refractivity contribution in [3.05, 3.63) is 31.4 Å². The molecule has 182 valence electrons. The molecule has 1 rings (SSSR count). The van der Waals surface area contributed by atoms with Gasteiger partial charge in [0.25, 0.3) is 0 Å². The van der Waals surface area contributed by atoms with Crippen LogP contribution in [0.15, 0.2) is 31.4 Å². The Labute approximate surface area is 196 Å². The zero-order valence-corrected chi connectivity index (χ0v) is 20.9. The number of nitrogens with zero attached hydrogens (tertiary/aromatic N) is 3. The highest BCUT2D eigenvalue weighted by molar-refractivity contribution is 5.88. The fourth-order valence-corrected chi connectivity index (χ4v) is 4.03. The number of hydrogen-bond donors (Lipinski definition) is 0. The van der Waals surface area contributed by atoms with Crippen LogP contribution in [-0.4, -0.2) is 34.2 Å². The first-order valence-corrected chi connectivity index (χ1v) is 13.1. The lowest BCUT2D eigenvalue weighted by atomic mass is 10.1. The summed E-state index contributed by atoms with van der Waals surface area (Å²) in [5.74, 6) is 0.274. The number of hydrogen-bond acceptors (Lipinski definition) is 2. The summed E-state index contributed by atoms with van der Waals surface area (Å²) in [5.41, 5.74) is 0. The topological polar surface area (TPSA) is 46.2 Å². The van der Waals surface area contributed by atoms with E-state index in [9.17, 15) is 9.59 Å². The van der Waals surface area contributed by atoms with E-state index < -0.39 is 0 Å². The second-order valence-corrected chi connectivity index (χ2v) is 8.92. The molecule has 0 aromatic carbocycles. The van der Waals surface area contributed by atoms with Gasteiger partial charge in [-0.3, -0.25) is 9.59 Å². The summed E-state index contributed by atoms with van der Waals surface area (Å²) in [6, 6.07) is 0. The molecule has 0 aliphatic rings. The summed E-state index contributed by atoms with van der Waals surface area (Å²) in [6.07, 6.45) is 24.0. The first-order chi connectivity index (χ1) is 15.6. The minimum atomic E-state index is 0.0816. The summed E-state index contributed by atoms with van der Waals surface area (Å²) in [6.45, 7) is 11.0. The Morgan fingerprint density at radius 3 is 2.19 bits per heavy atom. The number of carbonyl (C=O) groups excluding carboxylic acids is 2. The van der Waals surface area contributed by atoms with Gasteiger partial charge in [-0.25, -0.2) is 9.13 Å². The number of aromatic nitrogens is 2. The van der Waals surface area contributed by atoms with Crippen LogP contribution in [0, 0.1) is 0 Å². The van der Waals surface area contributed by atoms with Crippen molar-refractivity contribution >= 4 is 11.7 Å². The normalized spacial score (nSPS) is 10.9. The predicted octanol–water partition coefficient (Wildman–Crippen LogP) is 5.86. The van der Waals surface area contributed by atoms with E-state index in [-0.39, 0.29) is 11.7 Å². The van der Waals surface area contributed by atoms with Crippen LogP contribution in [0.1, 0.15) is 104 Å². The van der Waals surface area contributed by atoms with Crippen molar-refractivity contribution in [2.75, 3.05) is 13.1 Å². The number of rotatable bonds is 21. The zero-order valence-electron chi connectivity index (χ0n) is 20.9. The molecule has 0 bridgehead atoms. The largest absolute Gasteiger partial charge is 0.343 e. The molecule has 1 amide bonds. The summed E-state index contributed by atoms with van der Waals surface area (Å²) in [5, 5.41) is 0. The van der Waals surface area contributed by atoms with Gasteiger partial charge in [0.05, 0.1) is 19.5 Å². The summed E-state index contributed by atoms with van der Waals surface area (Å²) in [4.78, 5) is 25.7. The average molecular weight is 447 g/mol. The minimum Gasteiger partial charge on any atom is -0.343 e. The maximum atomic E-state index is 12.5. The maximum Gasteiger partial charge on any atom is 0.243 e. The van der Waals surface area contributed by atoms with Crippen molar-refractivity contribution in [1.82, 2.24) is 9.47 Å². The first kappa shape index (κ1) is 28.1. The molecule has 1 aromatic rings. The second-order valence-electron chi connectivity index (χ2n) is 8.92. The van der Waals surface area contributed by atoms with Crippen molar-refractivity contribution < 1.29 is 14.2 Å². The molecule has 1 heterocycles. The van der Waals surface area contributed by atoms with E-state index >= 15 is 0 Å². The van der Waals surface area contributed by atoms with Gasteiger partial charge in [0.1, 0.15) is 12.4 Å². The van der Waals surface area contributed by atoms with Crippen molar-refractivity contribution in [2.45, 2.75) is 117 Å². The van der Waals surface area contributed by atoms with Crippen molar-refractivity contribution in [1.29, 1.82) is 0 Å². The third-order valence-electron chi connectivity index (χ3n) is 6.16. The van der Waals surface area contributed by atoms with Gasteiger partial charge < -0.3 is 4.90 Å². The minimum absolute atomic E-state index is 0.0816. The predicted molar refractivity (Wildman–Crippen MR) is 132 cm³/mol. The van der Waals surface area contributed by atoms with Gasteiger partial charge in [-0.05, 0) is 38.7 Å². The lowest BCUT2D eigenvalue weighted by Crippen LogP contribution is -2.33. The summed E-state index contributed by atoms with van der Waals surface area (Å²) in [7, 11) is 0. The third kappa shape index (κ3) is 13.5. The molecule has 5 nitrogen and oxygen atoms in total. The van der Waals surface area contributed by atoms with Crippen molar-refractivity contribution in [3.63, 3.8) is 0 Å². The number of imidazole rings is 1. The Morgan fingerprint density at radius 2 is 1.56 bits per heavy atom. The van der Waals surface area contributed by atoms with Crippen molar-refractivity contribution in [3.8, 4) is 0 Å². The Morgan fingerprint density at radius 1 is 0.906 bits per heavy atom. The molecule has 0 atom stereocenters. The number of allylic oxidation sites excluding steroid dienone is 1. The van der Waals surface area contributed by atoms with E-state index in [0.29, 0.717) is 12.8 Å². The van der Waals surface area contributed by atoms with Gasteiger partial charge in [0.15, 0.2) is 5.78 Å². The lowest BCUT2D eigenvalue weighted by Gasteiger charge is -2.20. The Balaban J connectivity index is 2.14. The van der Waals surface area contributed by atoms with E-state index in [1.807, 2.05) is 11.8 Å². The van der Waals surface area contributed by atoms with Gasteiger partial charge >= 0.3 is 0 Å². The zero-order chi connectivity index (χ0) is 23.4. The molecule has 0 unspecified atom stereocenters. The number of aryl methyl sites for hydroxylation is 2. The van der Waals surface area contributed by atoms with Gasteiger partial charge in [-0.1, -0.05) is 64.9 Å². The van der Waals surface area contributed by atoms with E-state index in [1.54, 1.807) is 0 Å². The molecule has 0 spiro atoms. The molecule has 0 saturated heterocycles. The molecule has 0 aliphatic heterocycles. The van der Waals surface area contributed by atoms with Crippen LogP contribution >= 0.6 is 0 Å². The molecule has 5 heteroatoms. The molecule has 0 saturated carbocycles. The van der Waals surface area contributed by atoms with Gasteiger partial charge in [0, 0.05) is 19.5 Å². The quantitative estimate of drug-likeness (QED) is 0.135. The molecule has 0 radical (unpaired) electrons. The fourth-order valence-electron chi connectivity index (χ4n) is 4.03.